The van der Waals surface area contributed by atoms with Crippen LogP contribution >= 0.6 is 0 Å². The highest BCUT2D eigenvalue weighted by Crippen LogP contribution is 2.22. The van der Waals surface area contributed by atoms with Crippen molar-refractivity contribution in [1.82, 2.24) is 14.7 Å². The van der Waals surface area contributed by atoms with E-state index in [1.165, 1.54) is 0 Å². The van der Waals surface area contributed by atoms with Gasteiger partial charge in [-0.1, -0.05) is 30.3 Å². The lowest BCUT2D eigenvalue weighted by atomic mass is 10.1. The molecule has 0 aliphatic carbocycles. The molecule has 2 heterocycles. The zero-order valence-electron chi connectivity index (χ0n) is 11.7. The summed E-state index contributed by atoms with van der Waals surface area (Å²) in [6.07, 6.45) is 1.65. The van der Waals surface area contributed by atoms with Gasteiger partial charge in [0.1, 0.15) is 18.5 Å². The fourth-order valence-corrected chi connectivity index (χ4v) is 2.45. The first-order valence-electron chi connectivity index (χ1n) is 6.95. The number of hydrogen-bond donors (Lipinski definition) is 1. The maximum absolute atomic E-state index is 12.3. The van der Waals surface area contributed by atoms with E-state index in [1.54, 1.807) is 16.9 Å². The monoisotopic (exact) mass is 286 g/mol. The standard InChI is InChI=1S/C15H18N4O2/c16-14-6-7-19(17-14)11-15(20)18-8-9-21-13(10-18)12-4-2-1-3-5-12/h1-7,13H,8-11H2,(H2,16,17). The van der Waals surface area contributed by atoms with Crippen molar-refractivity contribution >= 4 is 11.7 Å². The van der Waals surface area contributed by atoms with E-state index in [0.717, 1.165) is 5.56 Å². The van der Waals surface area contributed by atoms with Crippen LogP contribution in [0.2, 0.25) is 0 Å². The van der Waals surface area contributed by atoms with E-state index in [1.807, 2.05) is 35.2 Å². The highest BCUT2D eigenvalue weighted by atomic mass is 16.5. The van der Waals surface area contributed by atoms with Gasteiger partial charge >= 0.3 is 0 Å². The number of morpholine rings is 1. The first-order chi connectivity index (χ1) is 10.2. The van der Waals surface area contributed by atoms with Crippen LogP contribution < -0.4 is 5.73 Å². The molecule has 2 N–H and O–H groups in total. The van der Waals surface area contributed by atoms with Crippen molar-refractivity contribution in [1.29, 1.82) is 0 Å². The number of nitrogens with zero attached hydrogens (tertiary/aromatic N) is 3. The summed E-state index contributed by atoms with van der Waals surface area (Å²) in [5.74, 6) is 0.453. The van der Waals surface area contributed by atoms with E-state index in [9.17, 15) is 4.79 Å². The third kappa shape index (κ3) is 3.22. The van der Waals surface area contributed by atoms with Crippen LogP contribution in [0.5, 0.6) is 0 Å². The summed E-state index contributed by atoms with van der Waals surface area (Å²) in [6.45, 7) is 1.93. The van der Waals surface area contributed by atoms with Crippen LogP contribution in [0.4, 0.5) is 5.82 Å². The van der Waals surface area contributed by atoms with E-state index in [4.69, 9.17) is 10.5 Å². The molecular weight excluding hydrogens is 268 g/mol. The number of rotatable bonds is 3. The molecule has 6 heteroatoms. The van der Waals surface area contributed by atoms with E-state index in [0.29, 0.717) is 25.5 Å². The number of nitrogens with two attached hydrogens (primary N) is 1. The van der Waals surface area contributed by atoms with Crippen molar-refractivity contribution in [3.8, 4) is 0 Å². The van der Waals surface area contributed by atoms with Gasteiger partial charge in [0.05, 0.1) is 13.2 Å². The zero-order valence-corrected chi connectivity index (χ0v) is 11.7. The predicted octanol–water partition coefficient (Wildman–Crippen LogP) is 1.07. The van der Waals surface area contributed by atoms with Gasteiger partial charge in [-0.15, -0.1) is 0 Å². The van der Waals surface area contributed by atoms with E-state index >= 15 is 0 Å². The van der Waals surface area contributed by atoms with Crippen LogP contribution in [-0.2, 0) is 16.1 Å². The Kier molecular flexibility index (Phi) is 3.87. The zero-order chi connectivity index (χ0) is 14.7. The summed E-state index contributed by atoms with van der Waals surface area (Å²) in [5.41, 5.74) is 6.65. The van der Waals surface area contributed by atoms with Crippen molar-refractivity contribution in [2.24, 2.45) is 0 Å². The molecule has 0 saturated carbocycles. The van der Waals surface area contributed by atoms with E-state index < -0.39 is 0 Å². The normalized spacial score (nSPS) is 18.7. The van der Waals surface area contributed by atoms with Crippen molar-refractivity contribution < 1.29 is 9.53 Å². The molecule has 1 atom stereocenters. The van der Waals surface area contributed by atoms with Gasteiger partial charge in [-0.3, -0.25) is 9.48 Å². The highest BCUT2D eigenvalue weighted by Gasteiger charge is 2.25. The Morgan fingerprint density at radius 2 is 2.14 bits per heavy atom. The molecule has 2 aromatic rings. The first-order valence-corrected chi connectivity index (χ1v) is 6.95. The lowest BCUT2D eigenvalue weighted by Crippen LogP contribution is -2.43. The summed E-state index contributed by atoms with van der Waals surface area (Å²) in [5, 5.41) is 4.04. The van der Waals surface area contributed by atoms with Crippen molar-refractivity contribution in [3.63, 3.8) is 0 Å². The molecule has 0 spiro atoms. The van der Waals surface area contributed by atoms with Gasteiger partial charge in [-0.25, -0.2) is 0 Å². The molecule has 1 unspecified atom stereocenters. The van der Waals surface area contributed by atoms with Gasteiger partial charge in [0.25, 0.3) is 0 Å². The number of carbonyl (C=O) groups excluding carboxylic acids is 1. The Morgan fingerprint density at radius 1 is 1.33 bits per heavy atom. The van der Waals surface area contributed by atoms with Crippen LogP contribution in [0, 0.1) is 0 Å². The smallest absolute Gasteiger partial charge is 0.244 e. The molecule has 21 heavy (non-hydrogen) atoms. The van der Waals surface area contributed by atoms with Crippen LogP contribution in [0.25, 0.3) is 0 Å². The predicted molar refractivity (Wildman–Crippen MR) is 78.4 cm³/mol. The molecule has 0 radical (unpaired) electrons. The summed E-state index contributed by atoms with van der Waals surface area (Å²) >= 11 is 0. The second-order valence-electron chi connectivity index (χ2n) is 5.05. The van der Waals surface area contributed by atoms with Crippen LogP contribution in [0.3, 0.4) is 0 Å². The largest absolute Gasteiger partial charge is 0.382 e. The molecule has 1 aliphatic heterocycles. The lowest BCUT2D eigenvalue weighted by molar-refractivity contribution is -0.139. The number of benzene rings is 1. The molecule has 3 rings (SSSR count). The van der Waals surface area contributed by atoms with Crippen LogP contribution in [-0.4, -0.2) is 40.3 Å². The Hall–Kier alpha value is -2.34. The molecule has 1 aromatic heterocycles. The number of nitrogen functional groups attached to an aromatic ring is 1. The molecule has 6 nitrogen and oxygen atoms in total. The highest BCUT2D eigenvalue weighted by molar-refractivity contribution is 5.76. The fourth-order valence-electron chi connectivity index (χ4n) is 2.45. The number of hydrogen-bond acceptors (Lipinski definition) is 4. The van der Waals surface area contributed by atoms with Gasteiger partial charge < -0.3 is 15.4 Å². The number of aromatic nitrogens is 2. The molecular formula is C15H18N4O2. The summed E-state index contributed by atoms with van der Waals surface area (Å²) < 4.78 is 7.32. The quantitative estimate of drug-likeness (QED) is 0.916. The number of ether oxygens (including phenoxy) is 1. The molecule has 0 bridgehead atoms. The van der Waals surface area contributed by atoms with E-state index in [-0.39, 0.29) is 18.6 Å². The molecule has 1 aliphatic rings. The summed E-state index contributed by atoms with van der Waals surface area (Å²) in [7, 11) is 0. The Morgan fingerprint density at radius 3 is 2.86 bits per heavy atom. The number of carbonyl (C=O) groups is 1. The SMILES string of the molecule is Nc1ccn(CC(=O)N2CCOC(c3ccccc3)C2)n1. The maximum atomic E-state index is 12.3. The Balaban J connectivity index is 1.64. The maximum Gasteiger partial charge on any atom is 0.244 e. The van der Waals surface area contributed by atoms with Gasteiger partial charge in [0, 0.05) is 12.7 Å². The third-order valence-corrected chi connectivity index (χ3v) is 3.55. The molecule has 1 fully saturated rings. The van der Waals surface area contributed by atoms with Crippen LogP contribution in [0.1, 0.15) is 11.7 Å². The third-order valence-electron chi connectivity index (χ3n) is 3.55. The molecule has 1 amide bonds. The second-order valence-corrected chi connectivity index (χ2v) is 5.05. The summed E-state index contributed by atoms with van der Waals surface area (Å²) in [4.78, 5) is 14.1. The average molecular weight is 286 g/mol. The summed E-state index contributed by atoms with van der Waals surface area (Å²) in [6, 6.07) is 11.6. The first kappa shape index (κ1) is 13.6. The lowest BCUT2D eigenvalue weighted by Gasteiger charge is -2.33. The minimum Gasteiger partial charge on any atom is -0.382 e. The van der Waals surface area contributed by atoms with Crippen molar-refractivity contribution in [2.75, 3.05) is 25.4 Å². The van der Waals surface area contributed by atoms with Crippen molar-refractivity contribution in [3.05, 3.63) is 48.2 Å². The fraction of sp³-hybridized carbons (Fsp3) is 0.333. The number of anilines is 1. The Labute approximate surface area is 123 Å². The molecule has 1 saturated heterocycles. The van der Waals surface area contributed by atoms with Crippen molar-refractivity contribution in [2.45, 2.75) is 12.6 Å². The average Bonchev–Trinajstić information content (AvgIpc) is 2.93. The van der Waals surface area contributed by atoms with Gasteiger partial charge in [0.2, 0.25) is 5.91 Å². The minimum absolute atomic E-state index is 0.0299. The Bertz CT molecular complexity index is 611. The second kappa shape index (κ2) is 5.97. The van der Waals surface area contributed by atoms with E-state index in [2.05, 4.69) is 5.10 Å². The van der Waals surface area contributed by atoms with Crippen LogP contribution in [0.15, 0.2) is 42.6 Å². The number of amides is 1. The van der Waals surface area contributed by atoms with Gasteiger partial charge in [-0.2, -0.15) is 5.10 Å². The molecule has 110 valence electrons. The van der Waals surface area contributed by atoms with Gasteiger partial charge in [0.15, 0.2) is 0 Å². The molecule has 1 aromatic carbocycles. The topological polar surface area (TPSA) is 73.4 Å². The minimum atomic E-state index is -0.0633. The van der Waals surface area contributed by atoms with Gasteiger partial charge in [-0.05, 0) is 11.6 Å².